The fraction of sp³-hybridized carbons (Fsp3) is 0.297. The molecule has 0 aliphatic carbocycles. The van der Waals surface area contributed by atoms with E-state index in [1.807, 2.05) is 63.2 Å². The van der Waals surface area contributed by atoms with E-state index < -0.39 is 28.5 Å². The van der Waals surface area contributed by atoms with Crippen molar-refractivity contribution in [3.8, 4) is 11.5 Å². The molecule has 10 heteroatoms. The summed E-state index contributed by atoms with van der Waals surface area (Å²) in [5.41, 5.74) is 2.85. The fourth-order valence-electron chi connectivity index (χ4n) is 5.08. The van der Waals surface area contributed by atoms with Crippen LogP contribution in [0.3, 0.4) is 0 Å². The van der Waals surface area contributed by atoms with E-state index >= 15 is 0 Å². The molecule has 0 aliphatic rings. The summed E-state index contributed by atoms with van der Waals surface area (Å²) in [4.78, 5) is 30.1. The van der Waals surface area contributed by atoms with Crippen LogP contribution in [0.5, 0.6) is 11.5 Å². The number of nitrogens with zero attached hydrogens (tertiary/aromatic N) is 2. The SMILES string of the molecule is CCC(C)NC(=O)C(Cc1ccccc1)N(Cc1cccc(OC)c1)C(=O)CN(c1ccc(C)cc1)S(=O)(=O)c1ccc(OC)cc1. The molecule has 0 aliphatic heterocycles. The van der Waals surface area contributed by atoms with Gasteiger partial charge in [-0.1, -0.05) is 67.1 Å². The van der Waals surface area contributed by atoms with Crippen molar-refractivity contribution in [1.82, 2.24) is 10.2 Å². The number of methoxy groups -OCH3 is 2. The Bertz CT molecular complexity index is 1730. The molecule has 4 rings (SSSR count). The molecule has 2 atom stereocenters. The molecular formula is C37H43N3O6S. The van der Waals surface area contributed by atoms with E-state index in [0.717, 1.165) is 21.0 Å². The fourth-order valence-corrected chi connectivity index (χ4v) is 6.49. The molecule has 0 spiro atoms. The van der Waals surface area contributed by atoms with Crippen molar-refractivity contribution in [2.24, 2.45) is 0 Å². The van der Waals surface area contributed by atoms with Crippen molar-refractivity contribution in [2.45, 2.75) is 57.1 Å². The third-order valence-corrected chi connectivity index (χ3v) is 9.80. The third-order valence-electron chi connectivity index (χ3n) is 8.01. The summed E-state index contributed by atoms with van der Waals surface area (Å²) in [5.74, 6) is 0.245. The number of rotatable bonds is 15. The highest BCUT2D eigenvalue weighted by atomic mass is 32.2. The number of hydrogen-bond donors (Lipinski definition) is 1. The van der Waals surface area contributed by atoms with Gasteiger partial charge in [0.05, 0.1) is 24.8 Å². The highest BCUT2D eigenvalue weighted by Gasteiger charge is 2.35. The van der Waals surface area contributed by atoms with Gasteiger partial charge in [-0.05, 0) is 79.9 Å². The number of aryl methyl sites for hydroxylation is 1. The Labute approximate surface area is 278 Å². The van der Waals surface area contributed by atoms with Gasteiger partial charge >= 0.3 is 0 Å². The minimum Gasteiger partial charge on any atom is -0.497 e. The summed E-state index contributed by atoms with van der Waals surface area (Å²) in [6, 6.07) is 28.6. The first-order valence-electron chi connectivity index (χ1n) is 15.6. The molecule has 0 saturated carbocycles. The zero-order valence-corrected chi connectivity index (χ0v) is 28.4. The first kappa shape index (κ1) is 35.0. The Morgan fingerprint density at radius 3 is 2.06 bits per heavy atom. The average molecular weight is 658 g/mol. The van der Waals surface area contributed by atoms with Crippen LogP contribution in [0.2, 0.25) is 0 Å². The lowest BCUT2D eigenvalue weighted by Gasteiger charge is -2.34. The summed E-state index contributed by atoms with van der Waals surface area (Å²) in [6.45, 7) is 5.29. The molecule has 4 aromatic rings. The second-order valence-corrected chi connectivity index (χ2v) is 13.3. The van der Waals surface area contributed by atoms with Crippen LogP contribution >= 0.6 is 0 Å². The zero-order chi connectivity index (χ0) is 34.0. The van der Waals surface area contributed by atoms with E-state index in [4.69, 9.17) is 9.47 Å². The number of anilines is 1. The van der Waals surface area contributed by atoms with E-state index in [9.17, 15) is 18.0 Å². The smallest absolute Gasteiger partial charge is 0.264 e. The monoisotopic (exact) mass is 657 g/mol. The topological polar surface area (TPSA) is 105 Å². The summed E-state index contributed by atoms with van der Waals surface area (Å²) in [5, 5.41) is 3.05. The molecule has 1 N–H and O–H groups in total. The minimum atomic E-state index is -4.22. The molecule has 47 heavy (non-hydrogen) atoms. The third kappa shape index (κ3) is 9.13. The summed E-state index contributed by atoms with van der Waals surface area (Å²) >= 11 is 0. The molecule has 248 valence electrons. The molecule has 0 saturated heterocycles. The average Bonchev–Trinajstić information content (AvgIpc) is 3.09. The number of sulfonamides is 1. The number of carbonyl (C=O) groups excluding carboxylic acids is 2. The van der Waals surface area contributed by atoms with Crippen molar-refractivity contribution < 1.29 is 27.5 Å². The number of amides is 2. The quantitative estimate of drug-likeness (QED) is 0.174. The normalized spacial score (nSPS) is 12.4. The highest BCUT2D eigenvalue weighted by molar-refractivity contribution is 7.92. The van der Waals surface area contributed by atoms with Crippen molar-refractivity contribution in [3.63, 3.8) is 0 Å². The van der Waals surface area contributed by atoms with Crippen LogP contribution in [0, 0.1) is 6.92 Å². The van der Waals surface area contributed by atoms with Crippen molar-refractivity contribution in [3.05, 3.63) is 120 Å². The van der Waals surface area contributed by atoms with Gasteiger partial charge < -0.3 is 19.7 Å². The van der Waals surface area contributed by atoms with Gasteiger partial charge in [-0.15, -0.1) is 0 Å². The van der Waals surface area contributed by atoms with E-state index in [-0.39, 0.29) is 29.8 Å². The maximum atomic E-state index is 14.6. The van der Waals surface area contributed by atoms with Crippen LogP contribution in [-0.2, 0) is 32.6 Å². The Morgan fingerprint density at radius 1 is 0.809 bits per heavy atom. The van der Waals surface area contributed by atoms with Gasteiger partial charge in [0.25, 0.3) is 10.0 Å². The molecule has 9 nitrogen and oxygen atoms in total. The molecule has 0 bridgehead atoms. The molecule has 0 radical (unpaired) electrons. The Kier molecular flexibility index (Phi) is 12.0. The number of carbonyl (C=O) groups is 2. The summed E-state index contributed by atoms with van der Waals surface area (Å²) < 4.78 is 40.2. The van der Waals surface area contributed by atoms with Gasteiger partial charge in [0.15, 0.2) is 0 Å². The van der Waals surface area contributed by atoms with E-state index in [1.165, 1.54) is 24.1 Å². The van der Waals surface area contributed by atoms with Gasteiger partial charge in [0, 0.05) is 19.0 Å². The Hall–Kier alpha value is -4.83. The maximum absolute atomic E-state index is 14.6. The van der Waals surface area contributed by atoms with Gasteiger partial charge in [-0.3, -0.25) is 13.9 Å². The lowest BCUT2D eigenvalue weighted by Crippen LogP contribution is -2.54. The molecule has 0 fully saturated rings. The minimum absolute atomic E-state index is 0.00127. The second-order valence-electron chi connectivity index (χ2n) is 11.4. The molecule has 0 heterocycles. The van der Waals surface area contributed by atoms with E-state index in [2.05, 4.69) is 5.32 Å². The van der Waals surface area contributed by atoms with Gasteiger partial charge in [0.1, 0.15) is 24.1 Å². The van der Waals surface area contributed by atoms with Gasteiger partial charge in [0.2, 0.25) is 11.8 Å². The number of ether oxygens (including phenoxy) is 2. The maximum Gasteiger partial charge on any atom is 0.264 e. The van der Waals surface area contributed by atoms with E-state index in [1.54, 1.807) is 55.6 Å². The number of hydrogen-bond acceptors (Lipinski definition) is 6. The first-order chi connectivity index (χ1) is 22.5. The highest BCUT2D eigenvalue weighted by Crippen LogP contribution is 2.27. The second kappa shape index (κ2) is 16.1. The molecule has 4 aromatic carbocycles. The predicted octanol–water partition coefficient (Wildman–Crippen LogP) is 5.76. The van der Waals surface area contributed by atoms with Crippen LogP contribution in [-0.4, -0.2) is 58.0 Å². The van der Waals surface area contributed by atoms with Crippen molar-refractivity contribution >= 4 is 27.5 Å². The Morgan fingerprint density at radius 2 is 1.45 bits per heavy atom. The lowest BCUT2D eigenvalue weighted by molar-refractivity contribution is -0.140. The summed E-state index contributed by atoms with van der Waals surface area (Å²) in [6.07, 6.45) is 0.934. The first-order valence-corrected chi connectivity index (χ1v) is 17.0. The molecule has 0 aromatic heterocycles. The van der Waals surface area contributed by atoms with Crippen LogP contribution in [0.15, 0.2) is 108 Å². The molecule has 2 amide bonds. The van der Waals surface area contributed by atoms with Crippen LogP contribution < -0.4 is 19.1 Å². The summed E-state index contributed by atoms with van der Waals surface area (Å²) in [7, 11) is -1.16. The molecular weight excluding hydrogens is 614 g/mol. The van der Waals surface area contributed by atoms with Crippen LogP contribution in [0.25, 0.3) is 0 Å². The lowest BCUT2D eigenvalue weighted by atomic mass is 10.0. The van der Waals surface area contributed by atoms with Crippen molar-refractivity contribution in [2.75, 3.05) is 25.1 Å². The largest absolute Gasteiger partial charge is 0.497 e. The number of nitrogens with one attached hydrogen (secondary N) is 1. The predicted molar refractivity (Wildman–Crippen MR) is 184 cm³/mol. The van der Waals surface area contributed by atoms with E-state index in [0.29, 0.717) is 23.6 Å². The molecule has 2 unspecified atom stereocenters. The Balaban J connectivity index is 1.81. The van der Waals surface area contributed by atoms with Crippen LogP contribution in [0.1, 0.15) is 37.0 Å². The van der Waals surface area contributed by atoms with Gasteiger partial charge in [-0.2, -0.15) is 0 Å². The van der Waals surface area contributed by atoms with Gasteiger partial charge in [-0.25, -0.2) is 8.42 Å². The van der Waals surface area contributed by atoms with Crippen LogP contribution in [0.4, 0.5) is 5.69 Å². The standard InChI is InChI=1S/C37H43N3O6S/c1-6-28(3)38-37(42)35(24-29-11-8-7-9-12-29)39(25-30-13-10-14-33(23-30)46-5)36(41)26-40(31-17-15-27(2)16-18-31)47(43,44)34-21-19-32(45-4)20-22-34/h7-23,28,35H,6,24-26H2,1-5H3,(H,38,42). The zero-order valence-electron chi connectivity index (χ0n) is 27.6. The van der Waals surface area contributed by atoms with Crippen molar-refractivity contribution in [1.29, 1.82) is 0 Å². The number of benzene rings is 4.